The lowest BCUT2D eigenvalue weighted by Crippen LogP contribution is -2.51. The number of likely N-dealkylation sites (N-methyl/N-ethyl adjacent to an activating group) is 1. The molecule has 2 saturated carbocycles. The Morgan fingerprint density at radius 1 is 1.06 bits per heavy atom. The number of nitrogens with one attached hydrogen (secondary N) is 1. The molecule has 0 amide bonds. The van der Waals surface area contributed by atoms with Crippen LogP contribution in [0.3, 0.4) is 0 Å². The second kappa shape index (κ2) is 6.91. The monoisotopic (exact) mass is 252 g/mol. The van der Waals surface area contributed by atoms with Gasteiger partial charge in [-0.25, -0.2) is 0 Å². The molecule has 2 aliphatic carbocycles. The minimum absolute atomic E-state index is 0.735. The second-order valence-corrected chi connectivity index (χ2v) is 6.62. The molecule has 0 aromatic heterocycles. The van der Waals surface area contributed by atoms with Gasteiger partial charge in [0.25, 0.3) is 0 Å². The van der Waals surface area contributed by atoms with Crippen LogP contribution < -0.4 is 5.32 Å². The van der Waals surface area contributed by atoms with E-state index in [0.29, 0.717) is 0 Å². The van der Waals surface area contributed by atoms with E-state index in [1.165, 1.54) is 58.0 Å². The van der Waals surface area contributed by atoms with Gasteiger partial charge in [0.1, 0.15) is 0 Å². The van der Waals surface area contributed by atoms with Crippen LogP contribution in [0.2, 0.25) is 0 Å². The summed E-state index contributed by atoms with van der Waals surface area (Å²) in [5.41, 5.74) is 0. The van der Waals surface area contributed by atoms with Gasteiger partial charge in [0.15, 0.2) is 0 Å². The normalized spacial score (nSPS) is 23.8. The van der Waals surface area contributed by atoms with Gasteiger partial charge in [-0.1, -0.05) is 40.0 Å². The molecule has 0 aliphatic heterocycles. The summed E-state index contributed by atoms with van der Waals surface area (Å²) in [5, 5.41) is 3.75. The maximum atomic E-state index is 3.75. The Hall–Kier alpha value is -0.0800. The fourth-order valence-electron chi connectivity index (χ4n) is 3.49. The van der Waals surface area contributed by atoms with E-state index in [1.54, 1.807) is 0 Å². The summed E-state index contributed by atoms with van der Waals surface area (Å²) in [6.07, 6.45) is 10.0. The smallest absolute Gasteiger partial charge is 0.0246 e. The van der Waals surface area contributed by atoms with Crippen molar-refractivity contribution in [3.05, 3.63) is 0 Å². The predicted molar refractivity (Wildman–Crippen MR) is 78.9 cm³/mol. The Kier molecular flexibility index (Phi) is 5.50. The summed E-state index contributed by atoms with van der Waals surface area (Å²) >= 11 is 0. The summed E-state index contributed by atoms with van der Waals surface area (Å²) in [6, 6.07) is 2.44. The van der Waals surface area contributed by atoms with E-state index in [-0.39, 0.29) is 0 Å². The van der Waals surface area contributed by atoms with Crippen LogP contribution in [0.25, 0.3) is 0 Å². The summed E-state index contributed by atoms with van der Waals surface area (Å²) in [5.74, 6) is 0.762. The molecule has 0 radical (unpaired) electrons. The first-order chi connectivity index (χ1) is 8.72. The van der Waals surface area contributed by atoms with Crippen molar-refractivity contribution >= 4 is 0 Å². The first-order valence-corrected chi connectivity index (χ1v) is 8.21. The highest BCUT2D eigenvalue weighted by Gasteiger charge is 2.30. The number of nitrogens with zero attached hydrogens (tertiary/aromatic N) is 1. The van der Waals surface area contributed by atoms with Crippen LogP contribution in [-0.2, 0) is 0 Å². The Morgan fingerprint density at radius 3 is 2.22 bits per heavy atom. The molecule has 2 heteroatoms. The van der Waals surface area contributed by atoms with Crippen molar-refractivity contribution in [2.24, 2.45) is 5.92 Å². The maximum absolute atomic E-state index is 3.75. The highest BCUT2D eigenvalue weighted by atomic mass is 15.2. The van der Waals surface area contributed by atoms with Crippen molar-refractivity contribution in [2.45, 2.75) is 83.8 Å². The molecule has 1 unspecified atom stereocenters. The molecule has 0 saturated heterocycles. The van der Waals surface area contributed by atoms with Crippen LogP contribution in [0.1, 0.15) is 65.7 Å². The van der Waals surface area contributed by atoms with Crippen molar-refractivity contribution < 1.29 is 0 Å². The lowest BCUT2D eigenvalue weighted by atomic mass is 9.91. The van der Waals surface area contributed by atoms with Gasteiger partial charge < -0.3 is 5.32 Å². The number of hydrogen-bond acceptors (Lipinski definition) is 2. The SMILES string of the molecule is CCN(C1CCCCC1)C(CNC1CC1)C(C)C. The topological polar surface area (TPSA) is 15.3 Å². The van der Waals surface area contributed by atoms with Gasteiger partial charge in [0, 0.05) is 24.7 Å². The van der Waals surface area contributed by atoms with Gasteiger partial charge in [-0.15, -0.1) is 0 Å². The highest BCUT2D eigenvalue weighted by molar-refractivity contribution is 4.88. The van der Waals surface area contributed by atoms with E-state index in [1.807, 2.05) is 0 Å². The van der Waals surface area contributed by atoms with Crippen molar-refractivity contribution in [1.29, 1.82) is 0 Å². The van der Waals surface area contributed by atoms with Crippen LogP contribution in [0.4, 0.5) is 0 Å². The second-order valence-electron chi connectivity index (χ2n) is 6.62. The Morgan fingerprint density at radius 2 is 1.72 bits per heavy atom. The average molecular weight is 252 g/mol. The first-order valence-electron chi connectivity index (χ1n) is 8.21. The Balaban J connectivity index is 1.90. The molecule has 2 rings (SSSR count). The van der Waals surface area contributed by atoms with E-state index in [4.69, 9.17) is 0 Å². The highest BCUT2D eigenvalue weighted by Crippen LogP contribution is 2.26. The first kappa shape index (κ1) is 14.3. The lowest BCUT2D eigenvalue weighted by molar-refractivity contribution is 0.0826. The van der Waals surface area contributed by atoms with Crippen LogP contribution >= 0.6 is 0 Å². The molecule has 0 bridgehead atoms. The third kappa shape index (κ3) is 3.96. The van der Waals surface area contributed by atoms with Gasteiger partial charge in [0.05, 0.1) is 0 Å². The lowest BCUT2D eigenvalue weighted by Gasteiger charge is -2.41. The van der Waals surface area contributed by atoms with E-state index in [9.17, 15) is 0 Å². The van der Waals surface area contributed by atoms with Crippen LogP contribution in [0, 0.1) is 5.92 Å². The van der Waals surface area contributed by atoms with E-state index in [2.05, 4.69) is 31.0 Å². The molecule has 0 aromatic rings. The van der Waals surface area contributed by atoms with Crippen molar-refractivity contribution in [3.63, 3.8) is 0 Å². The minimum atomic E-state index is 0.735. The van der Waals surface area contributed by atoms with Crippen molar-refractivity contribution in [3.8, 4) is 0 Å². The Bertz CT molecular complexity index is 229. The average Bonchev–Trinajstić information content (AvgIpc) is 3.19. The van der Waals surface area contributed by atoms with Gasteiger partial charge >= 0.3 is 0 Å². The predicted octanol–water partition coefficient (Wildman–Crippen LogP) is 3.42. The van der Waals surface area contributed by atoms with E-state index >= 15 is 0 Å². The third-order valence-corrected chi connectivity index (χ3v) is 4.80. The summed E-state index contributed by atoms with van der Waals surface area (Å²) < 4.78 is 0. The molecule has 2 fully saturated rings. The van der Waals surface area contributed by atoms with Gasteiger partial charge in [-0.2, -0.15) is 0 Å². The zero-order chi connectivity index (χ0) is 13.0. The van der Waals surface area contributed by atoms with Crippen molar-refractivity contribution in [1.82, 2.24) is 10.2 Å². The molecular weight excluding hydrogens is 220 g/mol. The fourth-order valence-corrected chi connectivity index (χ4v) is 3.49. The number of rotatable bonds is 7. The standard InChI is InChI=1S/C16H32N2/c1-4-18(15-8-6-5-7-9-15)16(13(2)3)12-17-14-10-11-14/h13-17H,4-12H2,1-3H3. The molecular formula is C16H32N2. The quantitative estimate of drug-likeness (QED) is 0.747. The summed E-state index contributed by atoms with van der Waals surface area (Å²) in [7, 11) is 0. The zero-order valence-corrected chi connectivity index (χ0v) is 12.6. The van der Waals surface area contributed by atoms with Crippen LogP contribution in [0.5, 0.6) is 0 Å². The summed E-state index contributed by atoms with van der Waals surface area (Å²) in [4.78, 5) is 2.80. The molecule has 0 heterocycles. The molecule has 2 aliphatic rings. The van der Waals surface area contributed by atoms with Crippen LogP contribution in [-0.4, -0.2) is 36.1 Å². The van der Waals surface area contributed by atoms with E-state index < -0.39 is 0 Å². The molecule has 0 aromatic carbocycles. The largest absolute Gasteiger partial charge is 0.312 e. The van der Waals surface area contributed by atoms with Crippen molar-refractivity contribution in [2.75, 3.05) is 13.1 Å². The Labute approximate surface area is 114 Å². The van der Waals surface area contributed by atoms with Gasteiger partial charge in [0.2, 0.25) is 0 Å². The molecule has 1 N–H and O–H groups in total. The summed E-state index contributed by atoms with van der Waals surface area (Å²) in [6.45, 7) is 9.56. The fraction of sp³-hybridized carbons (Fsp3) is 1.00. The molecule has 18 heavy (non-hydrogen) atoms. The molecule has 1 atom stereocenters. The zero-order valence-electron chi connectivity index (χ0n) is 12.6. The third-order valence-electron chi connectivity index (χ3n) is 4.80. The molecule has 106 valence electrons. The molecule has 0 spiro atoms. The minimum Gasteiger partial charge on any atom is -0.312 e. The van der Waals surface area contributed by atoms with Crippen LogP contribution in [0.15, 0.2) is 0 Å². The van der Waals surface area contributed by atoms with Gasteiger partial charge in [-0.05, 0) is 38.1 Å². The number of hydrogen-bond donors (Lipinski definition) is 1. The maximum Gasteiger partial charge on any atom is 0.0246 e. The van der Waals surface area contributed by atoms with E-state index in [0.717, 1.165) is 24.0 Å². The molecule has 2 nitrogen and oxygen atoms in total. The van der Waals surface area contributed by atoms with Gasteiger partial charge in [-0.3, -0.25) is 4.90 Å².